The van der Waals surface area contributed by atoms with Crippen LogP contribution in [0.2, 0.25) is 0 Å². The van der Waals surface area contributed by atoms with Crippen LogP contribution in [0.25, 0.3) is 0 Å². The van der Waals surface area contributed by atoms with E-state index in [4.69, 9.17) is 4.74 Å². The van der Waals surface area contributed by atoms with Gasteiger partial charge in [-0.1, -0.05) is 36.4 Å². The van der Waals surface area contributed by atoms with E-state index in [1.165, 1.54) is 6.92 Å². The van der Waals surface area contributed by atoms with Crippen molar-refractivity contribution in [3.05, 3.63) is 59.7 Å². The molecule has 0 fully saturated rings. The van der Waals surface area contributed by atoms with E-state index < -0.39 is 24.0 Å². The minimum Gasteiger partial charge on any atom is -0.457 e. The largest absolute Gasteiger partial charge is 0.457 e. The number of carbonyl (C=O) groups excluding carboxylic acids is 1. The van der Waals surface area contributed by atoms with Gasteiger partial charge in [0, 0.05) is 23.3 Å². The molecule has 0 unspecified atom stereocenters. The minimum atomic E-state index is -3.14. The highest BCUT2D eigenvalue weighted by Gasteiger charge is 2.53. The van der Waals surface area contributed by atoms with Crippen molar-refractivity contribution in [3.8, 4) is 11.5 Å². The predicted molar refractivity (Wildman–Crippen MR) is 90.3 cm³/mol. The predicted octanol–water partition coefficient (Wildman–Crippen LogP) is 3.49. The molecular formula is C19H16F2N2O3. The zero-order valence-corrected chi connectivity index (χ0v) is 13.9. The fraction of sp³-hybridized carbons (Fsp3) is 0.263. The average molecular weight is 358 g/mol. The molecule has 4 rings (SSSR count). The molecule has 2 aliphatic heterocycles. The summed E-state index contributed by atoms with van der Waals surface area (Å²) in [6.45, 7) is 1.51. The molecule has 26 heavy (non-hydrogen) atoms. The summed E-state index contributed by atoms with van der Waals surface area (Å²) in [5.41, 5.74) is -1.27. The van der Waals surface area contributed by atoms with Gasteiger partial charge in [-0.25, -0.2) is 8.78 Å². The lowest BCUT2D eigenvalue weighted by molar-refractivity contribution is -0.192. The van der Waals surface area contributed by atoms with Crippen LogP contribution in [-0.2, 0) is 4.79 Å². The van der Waals surface area contributed by atoms with Gasteiger partial charge in [0.2, 0.25) is 5.72 Å². The number of alkyl halides is 2. The molecule has 2 aromatic carbocycles. The fourth-order valence-corrected chi connectivity index (χ4v) is 3.45. The molecule has 134 valence electrons. The first kappa shape index (κ1) is 16.7. The summed E-state index contributed by atoms with van der Waals surface area (Å²) < 4.78 is 32.9. The summed E-state index contributed by atoms with van der Waals surface area (Å²) in [5.74, 6) is -0.654. The SMILES string of the molecule is CC1=NN(C(=O)C2c3ccccc3Oc3ccccc32)[C@](O)(C(F)F)C1. The van der Waals surface area contributed by atoms with Gasteiger partial charge in [-0.15, -0.1) is 0 Å². The Morgan fingerprint density at radius 1 is 1.19 bits per heavy atom. The third-order valence-corrected chi connectivity index (χ3v) is 4.64. The van der Waals surface area contributed by atoms with Crippen molar-refractivity contribution in [2.45, 2.75) is 31.4 Å². The van der Waals surface area contributed by atoms with E-state index >= 15 is 0 Å². The van der Waals surface area contributed by atoms with Gasteiger partial charge in [-0.05, 0) is 19.1 Å². The second kappa shape index (κ2) is 5.88. The molecule has 1 N–H and O–H groups in total. The Morgan fingerprint density at radius 3 is 2.27 bits per heavy atom. The van der Waals surface area contributed by atoms with Crippen LogP contribution >= 0.6 is 0 Å². The Bertz CT molecular complexity index is 870. The number of benzene rings is 2. The van der Waals surface area contributed by atoms with Gasteiger partial charge in [0.1, 0.15) is 11.5 Å². The van der Waals surface area contributed by atoms with Gasteiger partial charge >= 0.3 is 0 Å². The van der Waals surface area contributed by atoms with Gasteiger partial charge in [0.25, 0.3) is 12.3 Å². The first-order valence-corrected chi connectivity index (χ1v) is 8.16. The zero-order valence-electron chi connectivity index (χ0n) is 13.9. The monoisotopic (exact) mass is 358 g/mol. The number of amides is 1. The summed E-state index contributed by atoms with van der Waals surface area (Å²) in [4.78, 5) is 13.3. The quantitative estimate of drug-likeness (QED) is 0.894. The van der Waals surface area contributed by atoms with E-state index in [2.05, 4.69) is 5.10 Å². The minimum absolute atomic E-state index is 0.273. The van der Waals surface area contributed by atoms with Crippen LogP contribution in [0.5, 0.6) is 11.5 Å². The Hall–Kier alpha value is -2.80. The topological polar surface area (TPSA) is 62.1 Å². The Kier molecular flexibility index (Phi) is 3.77. The molecule has 0 aromatic heterocycles. The molecule has 0 bridgehead atoms. The Balaban J connectivity index is 1.84. The standard InChI is InChI=1S/C19H16F2N2O3/c1-11-10-19(25,18(20)21)23(22-11)17(24)16-12-6-2-4-8-14(12)26-15-9-5-3-7-13(15)16/h2-9,16,18,25H,10H2,1H3/t19-/m1/s1. The van der Waals surface area contributed by atoms with Gasteiger partial charge in [0.15, 0.2) is 0 Å². The summed E-state index contributed by atoms with van der Waals surface area (Å²) in [6.07, 6.45) is -3.53. The van der Waals surface area contributed by atoms with Crippen molar-refractivity contribution in [3.63, 3.8) is 0 Å². The molecular weight excluding hydrogens is 342 g/mol. The molecule has 0 radical (unpaired) electrons. The highest BCUT2D eigenvalue weighted by atomic mass is 19.3. The number of ether oxygens (including phenoxy) is 1. The van der Waals surface area contributed by atoms with Gasteiger partial charge in [0.05, 0.1) is 5.92 Å². The van der Waals surface area contributed by atoms with Crippen LogP contribution in [0.15, 0.2) is 53.6 Å². The number of rotatable bonds is 2. The van der Waals surface area contributed by atoms with E-state index in [0.717, 1.165) is 0 Å². The highest BCUT2D eigenvalue weighted by molar-refractivity contribution is 5.94. The number of para-hydroxylation sites is 2. The molecule has 1 atom stereocenters. The lowest BCUT2D eigenvalue weighted by Crippen LogP contribution is -2.53. The average Bonchev–Trinajstić information content (AvgIpc) is 2.95. The molecule has 2 aliphatic rings. The molecule has 0 saturated heterocycles. The number of hydrazone groups is 1. The van der Waals surface area contributed by atoms with E-state index in [0.29, 0.717) is 27.6 Å². The summed E-state index contributed by atoms with van der Waals surface area (Å²) in [5, 5.41) is 14.9. The van der Waals surface area contributed by atoms with Crippen LogP contribution in [-0.4, -0.2) is 33.9 Å². The maximum Gasteiger partial charge on any atom is 0.287 e. The zero-order chi connectivity index (χ0) is 18.5. The molecule has 7 heteroatoms. The summed E-state index contributed by atoms with van der Waals surface area (Å²) in [6, 6.07) is 13.9. The molecule has 1 amide bonds. The van der Waals surface area contributed by atoms with Crippen LogP contribution in [0, 0.1) is 0 Å². The second-order valence-electron chi connectivity index (χ2n) is 6.45. The van der Waals surface area contributed by atoms with E-state index in [9.17, 15) is 18.7 Å². The van der Waals surface area contributed by atoms with Gasteiger partial charge in [-0.3, -0.25) is 4.79 Å². The van der Waals surface area contributed by atoms with Crippen molar-refractivity contribution in [2.75, 3.05) is 0 Å². The van der Waals surface area contributed by atoms with Crippen molar-refractivity contribution < 1.29 is 23.4 Å². The van der Waals surface area contributed by atoms with Crippen molar-refractivity contribution in [1.29, 1.82) is 0 Å². The number of hydrogen-bond acceptors (Lipinski definition) is 4. The van der Waals surface area contributed by atoms with E-state index in [1.54, 1.807) is 48.5 Å². The van der Waals surface area contributed by atoms with Gasteiger partial charge in [-0.2, -0.15) is 10.1 Å². The first-order chi connectivity index (χ1) is 12.4. The van der Waals surface area contributed by atoms with Crippen LogP contribution < -0.4 is 4.74 Å². The van der Waals surface area contributed by atoms with Crippen LogP contribution in [0.4, 0.5) is 8.78 Å². The number of fused-ring (bicyclic) bond motifs is 2. The second-order valence-corrected chi connectivity index (χ2v) is 6.45. The van der Waals surface area contributed by atoms with Gasteiger partial charge < -0.3 is 9.84 Å². The first-order valence-electron chi connectivity index (χ1n) is 8.16. The fourth-order valence-electron chi connectivity index (χ4n) is 3.45. The Morgan fingerprint density at radius 2 is 1.73 bits per heavy atom. The molecule has 2 aromatic rings. The van der Waals surface area contributed by atoms with E-state index in [1.807, 2.05) is 0 Å². The molecule has 0 aliphatic carbocycles. The number of aliphatic hydroxyl groups is 1. The number of carbonyl (C=O) groups is 1. The molecule has 0 saturated carbocycles. The third-order valence-electron chi connectivity index (χ3n) is 4.64. The summed E-state index contributed by atoms with van der Waals surface area (Å²) in [7, 11) is 0. The molecule has 0 spiro atoms. The maximum absolute atomic E-state index is 13.5. The lowest BCUT2D eigenvalue weighted by atomic mass is 9.86. The smallest absolute Gasteiger partial charge is 0.287 e. The third kappa shape index (κ3) is 2.39. The highest BCUT2D eigenvalue weighted by Crippen LogP contribution is 2.46. The molecule has 2 heterocycles. The number of hydrogen-bond donors (Lipinski definition) is 1. The molecule has 5 nitrogen and oxygen atoms in total. The van der Waals surface area contributed by atoms with Crippen molar-refractivity contribution in [2.24, 2.45) is 5.10 Å². The lowest BCUT2D eigenvalue weighted by Gasteiger charge is -2.34. The maximum atomic E-state index is 13.5. The summed E-state index contributed by atoms with van der Waals surface area (Å²) >= 11 is 0. The number of nitrogens with zero attached hydrogens (tertiary/aromatic N) is 2. The normalized spacial score (nSPS) is 21.9. The van der Waals surface area contributed by atoms with Crippen LogP contribution in [0.1, 0.15) is 30.4 Å². The Labute approximate surface area is 148 Å². The van der Waals surface area contributed by atoms with Crippen molar-refractivity contribution >= 4 is 11.6 Å². The van der Waals surface area contributed by atoms with Crippen LogP contribution in [0.3, 0.4) is 0 Å². The van der Waals surface area contributed by atoms with E-state index in [-0.39, 0.29) is 12.1 Å². The van der Waals surface area contributed by atoms with Crippen molar-refractivity contribution in [1.82, 2.24) is 5.01 Å². The number of halogens is 2.